The Kier molecular flexibility index (Phi) is 5.08. The lowest BCUT2D eigenvalue weighted by molar-refractivity contribution is -0.160. The van der Waals surface area contributed by atoms with E-state index in [0.29, 0.717) is 30.7 Å². The molecular formula is C24H24F3N5O3. The molecule has 8 nitrogen and oxygen atoms in total. The first kappa shape index (κ1) is 23.1. The fraction of sp³-hybridized carbons (Fsp3) is 0.417. The average molecular weight is 487 g/mol. The van der Waals surface area contributed by atoms with Crippen molar-refractivity contribution < 1.29 is 27.3 Å². The number of aromatic nitrogens is 3. The summed E-state index contributed by atoms with van der Waals surface area (Å²) in [7, 11) is 0. The number of primary amides is 1. The molecule has 2 aromatic heterocycles. The zero-order chi connectivity index (χ0) is 25.3. The second-order valence-corrected chi connectivity index (χ2v) is 9.94. The molecule has 6 rings (SSSR count). The van der Waals surface area contributed by atoms with Crippen molar-refractivity contribution in [2.75, 3.05) is 5.73 Å². The van der Waals surface area contributed by atoms with E-state index in [1.54, 1.807) is 19.9 Å². The summed E-state index contributed by atoms with van der Waals surface area (Å²) in [6.07, 6.45) is 0.691. The zero-order valence-electron chi connectivity index (χ0n) is 19.2. The quantitative estimate of drug-likeness (QED) is 0.500. The normalized spacial score (nSPS) is 22.7. The van der Waals surface area contributed by atoms with Crippen molar-refractivity contribution in [1.82, 2.24) is 14.9 Å². The van der Waals surface area contributed by atoms with Crippen LogP contribution >= 0.6 is 0 Å². The van der Waals surface area contributed by atoms with E-state index in [0.717, 1.165) is 0 Å². The number of amides is 1. The molecule has 4 N–H and O–H groups in total. The third-order valence-electron chi connectivity index (χ3n) is 6.93. The van der Waals surface area contributed by atoms with Crippen LogP contribution in [-0.4, -0.2) is 32.3 Å². The number of nitrogen functional groups attached to an aromatic ring is 1. The minimum atomic E-state index is -1.27. The molecule has 0 spiro atoms. The van der Waals surface area contributed by atoms with Gasteiger partial charge in [-0.15, -0.1) is 0 Å². The van der Waals surface area contributed by atoms with Crippen LogP contribution in [-0.2, 0) is 23.1 Å². The summed E-state index contributed by atoms with van der Waals surface area (Å²) in [6, 6.07) is 3.88. The molecule has 1 amide bonds. The molecule has 3 fully saturated rings. The number of carbonyl (C=O) groups excluding carboxylic acids is 2. The van der Waals surface area contributed by atoms with Crippen LogP contribution < -0.4 is 11.5 Å². The Morgan fingerprint density at radius 3 is 2.46 bits per heavy atom. The summed E-state index contributed by atoms with van der Waals surface area (Å²) < 4.78 is 50.3. The Hall–Kier alpha value is -3.63. The van der Waals surface area contributed by atoms with Gasteiger partial charge in [-0.25, -0.2) is 17.9 Å². The predicted molar refractivity (Wildman–Crippen MR) is 119 cm³/mol. The third kappa shape index (κ3) is 3.60. The van der Waals surface area contributed by atoms with Crippen molar-refractivity contribution in [2.45, 2.75) is 63.1 Å². The number of benzene rings is 1. The van der Waals surface area contributed by atoms with Gasteiger partial charge >= 0.3 is 0 Å². The second kappa shape index (κ2) is 7.69. The Bertz CT molecular complexity index is 1360. The molecule has 184 valence electrons. The summed E-state index contributed by atoms with van der Waals surface area (Å²) in [4.78, 5) is 24.5. The van der Waals surface area contributed by atoms with E-state index in [1.165, 1.54) is 16.8 Å². The fourth-order valence-electron chi connectivity index (χ4n) is 5.23. The van der Waals surface area contributed by atoms with Crippen molar-refractivity contribution >= 4 is 17.5 Å². The van der Waals surface area contributed by atoms with Crippen molar-refractivity contribution in [3.63, 3.8) is 0 Å². The summed E-state index contributed by atoms with van der Waals surface area (Å²) in [5.74, 6) is -3.59. The van der Waals surface area contributed by atoms with E-state index in [-0.39, 0.29) is 52.5 Å². The van der Waals surface area contributed by atoms with E-state index in [9.17, 15) is 18.4 Å². The van der Waals surface area contributed by atoms with Gasteiger partial charge in [-0.3, -0.25) is 9.59 Å². The van der Waals surface area contributed by atoms with Crippen LogP contribution in [0.15, 0.2) is 22.7 Å². The number of hydrogen-bond donors (Lipinski definition) is 2. The number of anilines is 1. The van der Waals surface area contributed by atoms with E-state index in [1.807, 2.05) is 0 Å². The SMILES string of the molecule is CC(C)n1nc(-c2ccc(CC(=O)Cc3cc(C45CC(F)(C4)C5)no3)c(F)c2F)c(C(N)=O)c1N. The highest BCUT2D eigenvalue weighted by Gasteiger charge is 2.71. The molecule has 1 aromatic carbocycles. The number of nitrogens with zero attached hydrogens (tertiary/aromatic N) is 3. The Labute approximate surface area is 198 Å². The van der Waals surface area contributed by atoms with Crippen LogP contribution in [0.2, 0.25) is 0 Å². The first-order valence-electron chi connectivity index (χ1n) is 11.2. The molecule has 0 unspecified atom stereocenters. The van der Waals surface area contributed by atoms with Crippen molar-refractivity contribution in [3.8, 4) is 11.3 Å². The lowest BCUT2D eigenvalue weighted by atomic mass is 9.41. The molecule has 2 bridgehead atoms. The van der Waals surface area contributed by atoms with Gasteiger partial charge < -0.3 is 16.0 Å². The van der Waals surface area contributed by atoms with Crippen LogP contribution in [0.4, 0.5) is 19.0 Å². The van der Waals surface area contributed by atoms with E-state index in [2.05, 4.69) is 10.3 Å². The van der Waals surface area contributed by atoms with Crippen LogP contribution in [0.5, 0.6) is 0 Å². The van der Waals surface area contributed by atoms with Crippen molar-refractivity contribution in [1.29, 1.82) is 0 Å². The Morgan fingerprint density at radius 2 is 1.86 bits per heavy atom. The van der Waals surface area contributed by atoms with Gasteiger partial charge in [-0.05, 0) is 44.7 Å². The van der Waals surface area contributed by atoms with Crippen molar-refractivity contribution in [2.24, 2.45) is 5.73 Å². The largest absolute Gasteiger partial charge is 0.383 e. The smallest absolute Gasteiger partial charge is 0.254 e. The first-order chi connectivity index (χ1) is 16.4. The number of ketones is 1. The number of halogens is 3. The van der Waals surface area contributed by atoms with Gasteiger partial charge in [-0.1, -0.05) is 11.2 Å². The van der Waals surface area contributed by atoms with Gasteiger partial charge in [0.1, 0.15) is 34.3 Å². The summed E-state index contributed by atoms with van der Waals surface area (Å²) >= 11 is 0. The molecule has 11 heteroatoms. The van der Waals surface area contributed by atoms with E-state index >= 15 is 4.39 Å². The maximum absolute atomic E-state index is 15.0. The molecule has 35 heavy (non-hydrogen) atoms. The topological polar surface area (TPSA) is 130 Å². The van der Waals surface area contributed by atoms with Gasteiger partial charge in [0.15, 0.2) is 11.6 Å². The third-order valence-corrected chi connectivity index (χ3v) is 6.93. The van der Waals surface area contributed by atoms with E-state index in [4.69, 9.17) is 16.0 Å². The maximum Gasteiger partial charge on any atom is 0.254 e. The van der Waals surface area contributed by atoms with Gasteiger partial charge in [0.05, 0.1) is 12.1 Å². The Morgan fingerprint density at radius 1 is 1.17 bits per heavy atom. The molecule has 3 saturated carbocycles. The van der Waals surface area contributed by atoms with Gasteiger partial charge in [-0.2, -0.15) is 5.10 Å². The number of rotatable bonds is 8. The molecule has 0 saturated heterocycles. The summed E-state index contributed by atoms with van der Waals surface area (Å²) in [6.45, 7) is 3.51. The number of carbonyl (C=O) groups is 2. The molecule has 3 aromatic rings. The molecule has 3 aliphatic carbocycles. The van der Waals surface area contributed by atoms with Gasteiger partial charge in [0.25, 0.3) is 5.91 Å². The maximum atomic E-state index is 15.0. The first-order valence-corrected chi connectivity index (χ1v) is 11.2. The monoisotopic (exact) mass is 487 g/mol. The average Bonchev–Trinajstić information content (AvgIpc) is 3.33. The number of alkyl halides is 1. The van der Waals surface area contributed by atoms with Crippen LogP contribution in [0, 0.1) is 11.6 Å². The lowest BCUT2D eigenvalue weighted by Crippen LogP contribution is -2.67. The number of hydrogen-bond acceptors (Lipinski definition) is 6. The highest BCUT2D eigenvalue weighted by atomic mass is 19.2. The highest BCUT2D eigenvalue weighted by molar-refractivity contribution is 6.03. The molecule has 0 atom stereocenters. The number of nitrogens with two attached hydrogens (primary N) is 2. The molecule has 0 aliphatic heterocycles. The number of Topliss-reactive ketones (excluding diaryl/α,β-unsaturated/α-hetero) is 1. The van der Waals surface area contributed by atoms with Crippen molar-refractivity contribution in [3.05, 3.63) is 52.4 Å². The zero-order valence-corrected chi connectivity index (χ0v) is 19.2. The van der Waals surface area contributed by atoms with Crippen LogP contribution in [0.1, 0.15) is 66.5 Å². The Balaban J connectivity index is 1.34. The summed E-state index contributed by atoms with van der Waals surface area (Å²) in [5, 5.41) is 8.14. The fourth-order valence-corrected chi connectivity index (χ4v) is 5.23. The minimum Gasteiger partial charge on any atom is -0.383 e. The van der Waals surface area contributed by atoms with Crippen LogP contribution in [0.3, 0.4) is 0 Å². The van der Waals surface area contributed by atoms with Gasteiger partial charge in [0.2, 0.25) is 0 Å². The highest BCUT2D eigenvalue weighted by Crippen LogP contribution is 2.69. The predicted octanol–water partition coefficient (Wildman–Crippen LogP) is 3.58. The molecule has 3 aliphatic rings. The van der Waals surface area contributed by atoms with E-state index < -0.39 is 29.0 Å². The van der Waals surface area contributed by atoms with Crippen LogP contribution in [0.25, 0.3) is 11.3 Å². The summed E-state index contributed by atoms with van der Waals surface area (Å²) in [5.41, 5.74) is 9.80. The lowest BCUT2D eigenvalue weighted by Gasteiger charge is -2.64. The molecule has 2 heterocycles. The van der Waals surface area contributed by atoms with Gasteiger partial charge in [0, 0.05) is 29.5 Å². The molecule has 0 radical (unpaired) electrons. The standard InChI is InChI=1S/C24H24F3N5O3/c1-11(2)32-21(28)17(22(29)34)20(30-32)15-4-3-12(18(25)19(15)26)5-13(33)6-14-7-16(31-35-14)23-8-24(27,9-23)10-23/h3-4,7,11H,5-6,8-10,28H2,1-2H3,(H2,29,34). The minimum absolute atomic E-state index is 0.0477. The molecular weight excluding hydrogens is 463 g/mol. The second-order valence-electron chi connectivity index (χ2n) is 9.94.